The maximum Gasteiger partial charge on any atom is 0.375 e. The fraction of sp³-hybridized carbons (Fsp3) is 0.615. The zero-order valence-electron chi connectivity index (χ0n) is 22.9. The van der Waals surface area contributed by atoms with Gasteiger partial charge in [0.2, 0.25) is 0 Å². The minimum absolute atomic E-state index is 0.0311. The van der Waals surface area contributed by atoms with Crippen LogP contribution in [0.25, 0.3) is 0 Å². The van der Waals surface area contributed by atoms with Crippen molar-refractivity contribution >= 4 is 34.9 Å². The minimum atomic E-state index is -2.67. The highest BCUT2D eigenvalue weighted by Gasteiger charge is 2.76. The molecule has 0 fully saturated rings. The van der Waals surface area contributed by atoms with Crippen molar-refractivity contribution in [2.45, 2.75) is 105 Å². The summed E-state index contributed by atoms with van der Waals surface area (Å²) in [7, 11) is -2.67. The summed E-state index contributed by atoms with van der Waals surface area (Å²) in [6, 6.07) is 11.4. The lowest BCUT2D eigenvalue weighted by Crippen LogP contribution is -2.92. The van der Waals surface area contributed by atoms with E-state index in [1.54, 1.807) is 0 Å². The zero-order chi connectivity index (χ0) is 25.3. The van der Waals surface area contributed by atoms with Gasteiger partial charge < -0.3 is 18.3 Å². The van der Waals surface area contributed by atoms with Crippen LogP contribution in [0.4, 0.5) is 0 Å². The van der Waals surface area contributed by atoms with Gasteiger partial charge in [-0.15, -0.1) is 0 Å². The Bertz CT molecular complexity index is 869. The Morgan fingerprint density at radius 1 is 0.515 bits per heavy atom. The topological polar surface area (TPSA) is 13.0 Å². The van der Waals surface area contributed by atoms with E-state index in [1.807, 2.05) is 0 Å². The first-order valence-electron chi connectivity index (χ1n) is 12.1. The molecule has 0 atom stereocenters. The number of hydrogen-bond donors (Lipinski definition) is 0. The molecule has 0 aromatic heterocycles. The van der Waals surface area contributed by atoms with Gasteiger partial charge in [-0.3, -0.25) is 0 Å². The fourth-order valence-corrected chi connectivity index (χ4v) is 33.4. The Morgan fingerprint density at radius 3 is 1.12 bits per heavy atom. The van der Waals surface area contributed by atoms with Crippen molar-refractivity contribution in [2.75, 3.05) is 0 Å². The van der Waals surface area contributed by atoms with Crippen LogP contribution in [0.5, 0.6) is 0 Å². The van der Waals surface area contributed by atoms with Gasteiger partial charge in [0.1, 0.15) is 0 Å². The van der Waals surface area contributed by atoms with E-state index < -0.39 is 14.4 Å². The Hall–Kier alpha value is -1.19. The molecule has 1 aromatic carbocycles. The van der Waals surface area contributed by atoms with Gasteiger partial charge in [-0.2, -0.15) is 0 Å². The van der Waals surface area contributed by atoms with Gasteiger partial charge >= 0.3 is 14.4 Å². The summed E-state index contributed by atoms with van der Waals surface area (Å²) in [5.41, 5.74) is -0.141. The first kappa shape index (κ1) is 26.4. The highest BCUT2D eigenvalue weighted by atomic mass is 79.9. The highest BCUT2D eigenvalue weighted by molar-refractivity contribution is 9.27. The third-order valence-electron chi connectivity index (χ3n) is 6.58. The van der Waals surface area contributed by atoms with Gasteiger partial charge in [0.15, 0.2) is 0 Å². The molecule has 0 bridgehead atoms. The normalized spacial score (nSPS) is 20.9. The summed E-state index contributed by atoms with van der Waals surface area (Å²) in [4.78, 5) is 0. The molecule has 0 radical (unpaired) electrons. The number of hydrogen-bond acceptors (Lipinski definition) is 4. The Morgan fingerprint density at radius 2 is 0.818 bits per heavy atom. The molecule has 2 aliphatic heterocycles. The van der Waals surface area contributed by atoms with Crippen LogP contribution in [-0.2, 0) is 0 Å². The SMILES string of the molecule is CC(C)(C)N1C=CN(C(C)(C)C)[Si]1(Br)[Si]1(c2ccccc2)N(C(C)(C)C)C=CN1C(C)(C)C. The van der Waals surface area contributed by atoms with Crippen LogP contribution in [0.2, 0.25) is 0 Å². The maximum absolute atomic E-state index is 4.70. The average molecular weight is 550 g/mol. The van der Waals surface area contributed by atoms with E-state index in [0.717, 1.165) is 0 Å². The summed E-state index contributed by atoms with van der Waals surface area (Å²) in [5, 5.41) is 1.45. The molecular weight excluding hydrogens is 504 g/mol. The molecule has 2 aliphatic rings. The van der Waals surface area contributed by atoms with E-state index in [2.05, 4.69) is 156 Å². The Kier molecular flexibility index (Phi) is 6.34. The molecule has 4 nitrogen and oxygen atoms in total. The molecule has 33 heavy (non-hydrogen) atoms. The predicted molar refractivity (Wildman–Crippen MR) is 151 cm³/mol. The minimum Gasteiger partial charge on any atom is -0.376 e. The van der Waals surface area contributed by atoms with E-state index in [4.69, 9.17) is 15.3 Å². The van der Waals surface area contributed by atoms with Gasteiger partial charge in [0.25, 0.3) is 0 Å². The van der Waals surface area contributed by atoms with Crippen molar-refractivity contribution in [3.8, 4) is 0 Å². The summed E-state index contributed by atoms with van der Waals surface area (Å²) >= 11 is 4.70. The first-order chi connectivity index (χ1) is 14.8. The largest absolute Gasteiger partial charge is 0.376 e. The molecule has 184 valence electrons. The van der Waals surface area contributed by atoms with Crippen LogP contribution >= 0.6 is 15.3 Å². The third-order valence-corrected chi connectivity index (χ3v) is 28.2. The van der Waals surface area contributed by atoms with Crippen LogP contribution in [0.1, 0.15) is 83.1 Å². The molecule has 0 aliphatic carbocycles. The van der Waals surface area contributed by atoms with Gasteiger partial charge in [-0.25, -0.2) is 0 Å². The second kappa shape index (κ2) is 7.92. The van der Waals surface area contributed by atoms with Crippen molar-refractivity contribution in [1.82, 2.24) is 18.3 Å². The summed E-state index contributed by atoms with van der Waals surface area (Å²) in [6.07, 6.45) is 9.51. The van der Waals surface area contributed by atoms with Crippen molar-refractivity contribution in [3.05, 3.63) is 55.1 Å². The van der Waals surface area contributed by atoms with Gasteiger partial charge in [-0.1, -0.05) is 45.6 Å². The molecule has 0 saturated carbocycles. The summed E-state index contributed by atoms with van der Waals surface area (Å²) in [6.45, 7) is 25.7. The molecular formula is C26H45BrN4Si2. The molecule has 0 unspecified atom stereocenters. The van der Waals surface area contributed by atoms with Crippen LogP contribution in [0.3, 0.4) is 0 Å². The smallest absolute Gasteiger partial charge is 0.375 e. The predicted octanol–water partition coefficient (Wildman–Crippen LogP) is 6.12. The van der Waals surface area contributed by atoms with E-state index in [1.165, 1.54) is 5.19 Å². The molecule has 0 saturated heterocycles. The van der Waals surface area contributed by atoms with E-state index >= 15 is 0 Å². The lowest BCUT2D eigenvalue weighted by molar-refractivity contribution is 0.252. The molecule has 3 rings (SSSR count). The molecule has 0 spiro atoms. The number of halogens is 1. The number of rotatable bonds is 2. The van der Waals surface area contributed by atoms with Crippen LogP contribution in [-0.4, -0.2) is 54.9 Å². The van der Waals surface area contributed by atoms with Crippen LogP contribution < -0.4 is 5.19 Å². The van der Waals surface area contributed by atoms with E-state index in [0.29, 0.717) is 0 Å². The summed E-state index contributed by atoms with van der Waals surface area (Å²) < 4.78 is 10.9. The average Bonchev–Trinajstić information content (AvgIpc) is 3.21. The van der Waals surface area contributed by atoms with Crippen molar-refractivity contribution in [3.63, 3.8) is 0 Å². The van der Waals surface area contributed by atoms with Gasteiger partial charge in [0.05, 0.1) is 0 Å². The monoisotopic (exact) mass is 548 g/mol. The number of nitrogens with zero attached hydrogens (tertiary/aromatic N) is 4. The van der Waals surface area contributed by atoms with Crippen LogP contribution in [0, 0.1) is 0 Å². The van der Waals surface area contributed by atoms with E-state index in [9.17, 15) is 0 Å². The maximum atomic E-state index is 4.70. The number of benzene rings is 1. The second-order valence-corrected chi connectivity index (χ2v) is 28.1. The second-order valence-electron chi connectivity index (χ2n) is 13.4. The lowest BCUT2D eigenvalue weighted by Gasteiger charge is -2.63. The highest BCUT2D eigenvalue weighted by Crippen LogP contribution is 2.51. The quantitative estimate of drug-likeness (QED) is 0.326. The first-order valence-corrected chi connectivity index (χ1v) is 19.1. The molecule has 0 N–H and O–H groups in total. The standard InChI is InChI=1S/C26H45BrN4Si2/c1-23(2,3)28-18-19-29(24(4,5)6)32(28,22-16-14-13-15-17-22)33(27)30(25(7,8)9)20-21-31(33)26(10,11)12/h13-21H,1-12H3. The lowest BCUT2D eigenvalue weighted by atomic mass is 10.1. The van der Waals surface area contributed by atoms with Crippen molar-refractivity contribution < 1.29 is 0 Å². The molecule has 2 heterocycles. The molecule has 0 amide bonds. The van der Waals surface area contributed by atoms with Gasteiger partial charge in [-0.05, 0) is 88.3 Å². The Balaban J connectivity index is 2.53. The van der Waals surface area contributed by atoms with Crippen molar-refractivity contribution in [1.29, 1.82) is 0 Å². The van der Waals surface area contributed by atoms with E-state index in [-0.39, 0.29) is 22.2 Å². The van der Waals surface area contributed by atoms with Crippen molar-refractivity contribution in [2.24, 2.45) is 0 Å². The van der Waals surface area contributed by atoms with Crippen LogP contribution in [0.15, 0.2) is 55.1 Å². The Labute approximate surface area is 213 Å². The zero-order valence-corrected chi connectivity index (χ0v) is 26.4. The molecule has 1 aromatic rings. The third kappa shape index (κ3) is 4.02. The summed E-state index contributed by atoms with van der Waals surface area (Å²) in [5.74, 6) is 0. The fourth-order valence-electron chi connectivity index (χ4n) is 5.44. The molecule has 7 heteroatoms. The van der Waals surface area contributed by atoms with Gasteiger partial charge in [0, 0.05) is 47.0 Å².